The predicted octanol–water partition coefficient (Wildman–Crippen LogP) is 4.72. The molecule has 0 radical (unpaired) electrons. The summed E-state index contributed by atoms with van der Waals surface area (Å²) in [7, 11) is 0. The van der Waals surface area contributed by atoms with Gasteiger partial charge in [-0.3, -0.25) is 0 Å². The molecule has 0 fully saturated rings. The summed E-state index contributed by atoms with van der Waals surface area (Å²) < 4.78 is 1.83. The minimum atomic E-state index is 0.537. The van der Waals surface area contributed by atoms with E-state index in [1.54, 1.807) is 17.4 Å². The van der Waals surface area contributed by atoms with Crippen molar-refractivity contribution in [1.29, 1.82) is 0 Å². The van der Waals surface area contributed by atoms with Gasteiger partial charge in [0.05, 0.1) is 21.9 Å². The first-order chi connectivity index (χ1) is 9.17. The molecule has 2 heterocycles. The van der Waals surface area contributed by atoms with Gasteiger partial charge in [-0.1, -0.05) is 47.5 Å². The summed E-state index contributed by atoms with van der Waals surface area (Å²) in [6, 6.07) is 5.51. The lowest BCUT2D eigenvalue weighted by Crippen LogP contribution is -1.85. The van der Waals surface area contributed by atoms with E-state index in [1.807, 2.05) is 22.8 Å². The molecule has 19 heavy (non-hydrogen) atoms. The van der Waals surface area contributed by atoms with E-state index >= 15 is 0 Å². The number of imidazole rings is 1. The second-order valence-electron chi connectivity index (χ2n) is 4.23. The summed E-state index contributed by atoms with van der Waals surface area (Å²) in [6.45, 7) is 2.14. The van der Waals surface area contributed by atoms with Crippen molar-refractivity contribution in [2.45, 2.75) is 19.8 Å². The minimum Gasteiger partial charge on any atom is -0.217 e. The number of aryl methyl sites for hydroxylation is 1. The Morgan fingerprint density at radius 1 is 1.26 bits per heavy atom. The van der Waals surface area contributed by atoms with Gasteiger partial charge in [0.2, 0.25) is 4.96 Å². The topological polar surface area (TPSA) is 30.2 Å². The first-order valence-electron chi connectivity index (χ1n) is 5.98. The zero-order chi connectivity index (χ0) is 13.4. The summed E-state index contributed by atoms with van der Waals surface area (Å²) in [5.41, 5.74) is 1.81. The van der Waals surface area contributed by atoms with E-state index in [-0.39, 0.29) is 0 Å². The lowest BCUT2D eigenvalue weighted by atomic mass is 10.2. The van der Waals surface area contributed by atoms with Crippen LogP contribution in [0.25, 0.3) is 16.2 Å². The number of aromatic nitrogens is 3. The van der Waals surface area contributed by atoms with Gasteiger partial charge in [0.25, 0.3) is 0 Å². The molecular weight excluding hydrogens is 301 g/mol. The number of hydrogen-bond acceptors (Lipinski definition) is 3. The fourth-order valence-corrected chi connectivity index (χ4v) is 3.13. The van der Waals surface area contributed by atoms with E-state index in [9.17, 15) is 0 Å². The highest BCUT2D eigenvalue weighted by atomic mass is 35.5. The van der Waals surface area contributed by atoms with Gasteiger partial charge >= 0.3 is 0 Å². The Labute approximate surface area is 124 Å². The van der Waals surface area contributed by atoms with Crippen LogP contribution in [-0.2, 0) is 6.42 Å². The molecule has 0 saturated heterocycles. The highest BCUT2D eigenvalue weighted by Crippen LogP contribution is 2.29. The molecule has 0 amide bonds. The number of nitrogens with zero attached hydrogens (tertiary/aromatic N) is 3. The maximum atomic E-state index is 6.02. The van der Waals surface area contributed by atoms with Crippen molar-refractivity contribution < 1.29 is 0 Å². The van der Waals surface area contributed by atoms with Gasteiger partial charge in [-0.2, -0.15) is 5.10 Å². The summed E-state index contributed by atoms with van der Waals surface area (Å²) in [5, 5.41) is 6.71. The average Bonchev–Trinajstić information content (AvgIpc) is 2.91. The van der Waals surface area contributed by atoms with Gasteiger partial charge in [-0.15, -0.1) is 0 Å². The summed E-state index contributed by atoms with van der Waals surface area (Å²) >= 11 is 13.6. The molecule has 2 aromatic heterocycles. The number of rotatable bonds is 3. The van der Waals surface area contributed by atoms with Crippen molar-refractivity contribution in [1.82, 2.24) is 14.6 Å². The van der Waals surface area contributed by atoms with Crippen LogP contribution in [0.5, 0.6) is 0 Å². The average molecular weight is 312 g/mol. The van der Waals surface area contributed by atoms with Crippen molar-refractivity contribution in [2.24, 2.45) is 0 Å². The monoisotopic (exact) mass is 311 g/mol. The molecule has 98 valence electrons. The van der Waals surface area contributed by atoms with Crippen molar-refractivity contribution >= 4 is 39.5 Å². The van der Waals surface area contributed by atoms with Crippen LogP contribution in [0.1, 0.15) is 18.4 Å². The fourth-order valence-electron chi connectivity index (χ4n) is 1.85. The van der Waals surface area contributed by atoms with Gasteiger partial charge in [0.15, 0.2) is 0 Å². The molecule has 0 saturated carbocycles. The van der Waals surface area contributed by atoms with Gasteiger partial charge in [0.1, 0.15) is 5.01 Å². The van der Waals surface area contributed by atoms with Gasteiger partial charge in [0, 0.05) is 12.0 Å². The number of hydrogen-bond donors (Lipinski definition) is 0. The summed E-state index contributed by atoms with van der Waals surface area (Å²) in [5.74, 6) is 0. The maximum Gasteiger partial charge on any atom is 0.212 e. The highest BCUT2D eigenvalue weighted by Gasteiger charge is 2.10. The fraction of sp³-hybridized carbons (Fsp3) is 0.231. The molecule has 6 heteroatoms. The molecule has 0 spiro atoms. The Morgan fingerprint density at radius 3 is 2.79 bits per heavy atom. The van der Waals surface area contributed by atoms with Crippen LogP contribution < -0.4 is 0 Å². The highest BCUT2D eigenvalue weighted by molar-refractivity contribution is 7.16. The van der Waals surface area contributed by atoms with Crippen molar-refractivity contribution in [3.63, 3.8) is 0 Å². The Morgan fingerprint density at radius 2 is 2.11 bits per heavy atom. The molecule has 0 unspecified atom stereocenters. The Bertz CT molecular complexity index is 701. The number of benzene rings is 1. The van der Waals surface area contributed by atoms with Crippen LogP contribution in [0.2, 0.25) is 10.0 Å². The Kier molecular flexibility index (Phi) is 3.48. The number of fused-ring (bicyclic) bond motifs is 1. The van der Waals surface area contributed by atoms with Crippen molar-refractivity contribution in [2.75, 3.05) is 0 Å². The first kappa shape index (κ1) is 12.9. The SMILES string of the molecule is CCCc1nn2cc(-c3ccc(Cl)c(Cl)c3)nc2s1. The minimum absolute atomic E-state index is 0.537. The molecule has 3 aromatic rings. The molecular formula is C13H11Cl2N3S. The molecule has 0 aliphatic rings. The standard InChI is InChI=1S/C13H11Cl2N3S/c1-2-3-12-17-18-7-11(16-13(18)19-12)8-4-5-9(14)10(15)6-8/h4-7H,2-3H2,1H3. The van der Waals surface area contributed by atoms with Crippen molar-refractivity contribution in [3.8, 4) is 11.3 Å². The first-order valence-corrected chi connectivity index (χ1v) is 7.55. The quantitative estimate of drug-likeness (QED) is 0.700. The van der Waals surface area contributed by atoms with Crippen LogP contribution in [0.3, 0.4) is 0 Å². The largest absolute Gasteiger partial charge is 0.217 e. The molecule has 0 bridgehead atoms. The van der Waals surface area contributed by atoms with Crippen LogP contribution in [-0.4, -0.2) is 14.6 Å². The smallest absolute Gasteiger partial charge is 0.212 e. The van der Waals surface area contributed by atoms with Gasteiger partial charge in [-0.25, -0.2) is 9.50 Å². The Hall–Kier alpha value is -1.10. The third kappa shape index (κ3) is 2.48. The van der Waals surface area contributed by atoms with Crippen molar-refractivity contribution in [3.05, 3.63) is 39.4 Å². The second kappa shape index (κ2) is 5.12. The molecule has 0 atom stereocenters. The van der Waals surface area contributed by atoms with Crippen LogP contribution in [0, 0.1) is 0 Å². The molecule has 1 aromatic carbocycles. The zero-order valence-corrected chi connectivity index (χ0v) is 12.6. The molecule has 0 aliphatic heterocycles. The van der Waals surface area contributed by atoms with E-state index in [1.165, 1.54) is 0 Å². The normalized spacial score (nSPS) is 11.3. The molecule has 0 N–H and O–H groups in total. The van der Waals surface area contributed by atoms with Gasteiger partial charge in [-0.05, 0) is 18.6 Å². The summed E-state index contributed by atoms with van der Waals surface area (Å²) in [4.78, 5) is 5.48. The van der Waals surface area contributed by atoms with Gasteiger partial charge < -0.3 is 0 Å². The van der Waals surface area contributed by atoms with Crippen LogP contribution >= 0.6 is 34.5 Å². The van der Waals surface area contributed by atoms with E-state index in [0.29, 0.717) is 10.0 Å². The molecule has 0 aliphatic carbocycles. The third-order valence-corrected chi connectivity index (χ3v) is 4.49. The second-order valence-corrected chi connectivity index (χ2v) is 6.08. The van der Waals surface area contributed by atoms with E-state index in [2.05, 4.69) is 17.0 Å². The Balaban J connectivity index is 2.00. The zero-order valence-electron chi connectivity index (χ0n) is 10.2. The summed E-state index contributed by atoms with van der Waals surface area (Å²) in [6.07, 6.45) is 4.01. The lowest BCUT2D eigenvalue weighted by Gasteiger charge is -1.98. The van der Waals surface area contributed by atoms with E-state index in [4.69, 9.17) is 23.2 Å². The predicted molar refractivity (Wildman–Crippen MR) is 80.3 cm³/mol. The third-order valence-electron chi connectivity index (χ3n) is 2.76. The van der Waals surface area contributed by atoms with E-state index in [0.717, 1.165) is 34.1 Å². The van der Waals surface area contributed by atoms with Crippen LogP contribution in [0.4, 0.5) is 0 Å². The molecule has 3 nitrogen and oxygen atoms in total. The number of halogens is 2. The maximum absolute atomic E-state index is 6.02. The lowest BCUT2D eigenvalue weighted by molar-refractivity contribution is 0.849. The van der Waals surface area contributed by atoms with Crippen LogP contribution in [0.15, 0.2) is 24.4 Å². The van der Waals surface area contributed by atoms with E-state index < -0.39 is 0 Å². The molecule has 3 rings (SSSR count).